The zero-order chi connectivity index (χ0) is 5.86. The fraction of sp³-hybridized carbons (Fsp3) is 0.800. The normalized spacial score (nSPS) is 16.9. The fourth-order valence-electron chi connectivity index (χ4n) is 0.187. The Morgan fingerprint density at radius 1 is 1.71 bits per heavy atom. The molecule has 2 nitrogen and oxygen atoms in total. The van der Waals surface area contributed by atoms with Crippen molar-refractivity contribution in [3.8, 4) is 0 Å². The van der Waals surface area contributed by atoms with Gasteiger partial charge in [-0.3, -0.25) is 4.99 Å². The van der Waals surface area contributed by atoms with Crippen molar-refractivity contribution in [2.24, 2.45) is 4.99 Å². The van der Waals surface area contributed by atoms with Gasteiger partial charge in [0.1, 0.15) is 0 Å². The van der Waals surface area contributed by atoms with Crippen LogP contribution >= 0.6 is 0 Å². The molecule has 0 aliphatic rings. The lowest BCUT2D eigenvalue weighted by molar-refractivity contribution is 0.261. The van der Waals surface area contributed by atoms with E-state index in [1.165, 1.54) is 0 Å². The van der Waals surface area contributed by atoms with Crippen molar-refractivity contribution < 1.29 is 5.11 Å². The SMILES string of the molecule is CN=C(C)C(C)O. The number of aliphatic hydroxyl groups excluding tert-OH is 1. The van der Waals surface area contributed by atoms with Crippen LogP contribution in [0.15, 0.2) is 4.99 Å². The summed E-state index contributed by atoms with van der Waals surface area (Å²) in [5.74, 6) is 0. The Labute approximate surface area is 43.9 Å². The summed E-state index contributed by atoms with van der Waals surface area (Å²) >= 11 is 0. The van der Waals surface area contributed by atoms with Gasteiger partial charge in [0.05, 0.1) is 6.10 Å². The minimum atomic E-state index is -0.384. The zero-order valence-corrected chi connectivity index (χ0v) is 4.97. The smallest absolute Gasteiger partial charge is 0.0885 e. The molecule has 0 aromatic carbocycles. The van der Waals surface area contributed by atoms with E-state index in [9.17, 15) is 0 Å². The summed E-state index contributed by atoms with van der Waals surface area (Å²) < 4.78 is 0. The first-order valence-corrected chi connectivity index (χ1v) is 2.30. The van der Waals surface area contributed by atoms with Crippen LogP contribution in [0, 0.1) is 0 Å². The maximum Gasteiger partial charge on any atom is 0.0885 e. The molecule has 0 fully saturated rings. The maximum absolute atomic E-state index is 8.69. The Morgan fingerprint density at radius 2 is 2.14 bits per heavy atom. The van der Waals surface area contributed by atoms with Crippen molar-refractivity contribution in [1.82, 2.24) is 0 Å². The Morgan fingerprint density at radius 3 is 2.14 bits per heavy atom. The number of hydrogen-bond donors (Lipinski definition) is 1. The maximum atomic E-state index is 8.69. The summed E-state index contributed by atoms with van der Waals surface area (Å²) in [4.78, 5) is 3.75. The molecule has 1 unspecified atom stereocenters. The summed E-state index contributed by atoms with van der Waals surface area (Å²) in [6, 6.07) is 0. The van der Waals surface area contributed by atoms with Crippen molar-refractivity contribution in [2.45, 2.75) is 20.0 Å². The molecular weight excluding hydrogens is 90.1 g/mol. The lowest BCUT2D eigenvalue weighted by atomic mass is 10.3. The van der Waals surface area contributed by atoms with Gasteiger partial charge in [-0.25, -0.2) is 0 Å². The highest BCUT2D eigenvalue weighted by Gasteiger charge is 1.94. The highest BCUT2D eigenvalue weighted by Crippen LogP contribution is 1.82. The summed E-state index contributed by atoms with van der Waals surface area (Å²) in [7, 11) is 1.67. The van der Waals surface area contributed by atoms with Crippen molar-refractivity contribution >= 4 is 5.71 Å². The van der Waals surface area contributed by atoms with Crippen molar-refractivity contribution in [3.63, 3.8) is 0 Å². The molecule has 0 amide bonds. The summed E-state index contributed by atoms with van der Waals surface area (Å²) in [6.45, 7) is 3.49. The van der Waals surface area contributed by atoms with Crippen LogP contribution < -0.4 is 0 Å². The molecule has 2 heteroatoms. The highest BCUT2D eigenvalue weighted by molar-refractivity contribution is 5.85. The quantitative estimate of drug-likeness (QED) is 0.478. The molecule has 0 saturated heterocycles. The predicted molar refractivity (Wildman–Crippen MR) is 30.7 cm³/mol. The molecule has 0 aromatic rings. The van der Waals surface area contributed by atoms with Gasteiger partial charge >= 0.3 is 0 Å². The van der Waals surface area contributed by atoms with Gasteiger partial charge in [-0.05, 0) is 13.8 Å². The first-order valence-electron chi connectivity index (χ1n) is 2.30. The topological polar surface area (TPSA) is 32.6 Å². The average molecular weight is 101 g/mol. The van der Waals surface area contributed by atoms with E-state index in [-0.39, 0.29) is 6.10 Å². The molecule has 42 valence electrons. The van der Waals surface area contributed by atoms with E-state index < -0.39 is 0 Å². The number of aliphatic imine (C=N–C) groups is 1. The monoisotopic (exact) mass is 101 g/mol. The Bertz CT molecular complexity index is 76.1. The third-order valence-corrected chi connectivity index (χ3v) is 0.957. The van der Waals surface area contributed by atoms with Crippen molar-refractivity contribution in [2.75, 3.05) is 7.05 Å². The largest absolute Gasteiger partial charge is 0.387 e. The van der Waals surface area contributed by atoms with E-state index in [4.69, 9.17) is 5.11 Å². The van der Waals surface area contributed by atoms with Crippen LogP contribution in [-0.4, -0.2) is 24.0 Å². The molecule has 0 heterocycles. The standard InChI is InChI=1S/C5H11NO/c1-4(6-3)5(2)7/h5,7H,1-3H3. The molecule has 0 radical (unpaired) electrons. The number of nitrogens with zero attached hydrogens (tertiary/aromatic N) is 1. The van der Waals surface area contributed by atoms with Gasteiger partial charge in [0.15, 0.2) is 0 Å². The Hall–Kier alpha value is -0.370. The van der Waals surface area contributed by atoms with Gasteiger partial charge in [0, 0.05) is 12.8 Å². The first kappa shape index (κ1) is 6.63. The van der Waals surface area contributed by atoms with Crippen LogP contribution in [0.5, 0.6) is 0 Å². The summed E-state index contributed by atoms with van der Waals surface area (Å²) in [5, 5.41) is 8.69. The molecule has 7 heavy (non-hydrogen) atoms. The minimum absolute atomic E-state index is 0.384. The second-order valence-corrected chi connectivity index (χ2v) is 1.54. The summed E-state index contributed by atoms with van der Waals surface area (Å²) in [5.41, 5.74) is 0.778. The molecule has 0 aliphatic carbocycles. The second kappa shape index (κ2) is 2.75. The molecular formula is C5H11NO. The van der Waals surface area contributed by atoms with Gasteiger partial charge < -0.3 is 5.11 Å². The van der Waals surface area contributed by atoms with E-state index >= 15 is 0 Å². The van der Waals surface area contributed by atoms with E-state index in [0.29, 0.717) is 0 Å². The number of hydrogen-bond acceptors (Lipinski definition) is 2. The van der Waals surface area contributed by atoms with E-state index in [1.54, 1.807) is 20.9 Å². The zero-order valence-electron chi connectivity index (χ0n) is 4.97. The minimum Gasteiger partial charge on any atom is -0.387 e. The van der Waals surface area contributed by atoms with Crippen LogP contribution in [0.4, 0.5) is 0 Å². The van der Waals surface area contributed by atoms with Gasteiger partial charge in [0.2, 0.25) is 0 Å². The third kappa shape index (κ3) is 2.34. The van der Waals surface area contributed by atoms with Crippen LogP contribution in [0.1, 0.15) is 13.8 Å². The van der Waals surface area contributed by atoms with E-state index in [0.717, 1.165) is 5.71 Å². The highest BCUT2D eigenvalue weighted by atomic mass is 16.3. The van der Waals surface area contributed by atoms with E-state index in [2.05, 4.69) is 4.99 Å². The fourth-order valence-corrected chi connectivity index (χ4v) is 0.187. The Balaban J connectivity index is 3.56. The van der Waals surface area contributed by atoms with Crippen LogP contribution in [0.3, 0.4) is 0 Å². The van der Waals surface area contributed by atoms with Crippen molar-refractivity contribution in [1.29, 1.82) is 0 Å². The molecule has 0 spiro atoms. The number of aliphatic hydroxyl groups is 1. The molecule has 0 bridgehead atoms. The van der Waals surface area contributed by atoms with Gasteiger partial charge in [0.25, 0.3) is 0 Å². The molecule has 1 N–H and O–H groups in total. The average Bonchev–Trinajstić information content (AvgIpc) is 1.65. The molecule has 0 saturated carbocycles. The first-order chi connectivity index (χ1) is 3.18. The second-order valence-electron chi connectivity index (χ2n) is 1.54. The van der Waals surface area contributed by atoms with Crippen LogP contribution in [0.25, 0.3) is 0 Å². The molecule has 1 atom stereocenters. The molecule has 0 rings (SSSR count). The van der Waals surface area contributed by atoms with E-state index in [1.807, 2.05) is 0 Å². The Kier molecular flexibility index (Phi) is 2.60. The van der Waals surface area contributed by atoms with Gasteiger partial charge in [-0.15, -0.1) is 0 Å². The molecule has 0 aliphatic heterocycles. The summed E-state index contributed by atoms with van der Waals surface area (Å²) in [6.07, 6.45) is -0.384. The lowest BCUT2D eigenvalue weighted by Gasteiger charge is -1.98. The third-order valence-electron chi connectivity index (χ3n) is 0.957. The lowest BCUT2D eigenvalue weighted by Crippen LogP contribution is -2.11. The molecule has 0 aromatic heterocycles. The van der Waals surface area contributed by atoms with Gasteiger partial charge in [-0.1, -0.05) is 0 Å². The van der Waals surface area contributed by atoms with Gasteiger partial charge in [-0.2, -0.15) is 0 Å². The number of rotatable bonds is 1. The van der Waals surface area contributed by atoms with Crippen LogP contribution in [-0.2, 0) is 0 Å². The van der Waals surface area contributed by atoms with Crippen LogP contribution in [0.2, 0.25) is 0 Å². The van der Waals surface area contributed by atoms with Crippen molar-refractivity contribution in [3.05, 3.63) is 0 Å². The predicted octanol–water partition coefficient (Wildman–Crippen LogP) is 0.458.